The molecule has 1 heterocycles. The number of carboxylic acid groups (broad SMARTS) is 1. The van der Waals surface area contributed by atoms with Gasteiger partial charge in [-0.3, -0.25) is 19.2 Å². The second-order valence-electron chi connectivity index (χ2n) is 10.9. The molecule has 4 N–H and O–H groups in total. The van der Waals surface area contributed by atoms with Gasteiger partial charge in [0.25, 0.3) is 5.91 Å². The first-order chi connectivity index (χ1) is 20.0. The molecule has 10 nitrogen and oxygen atoms in total. The fourth-order valence-electron chi connectivity index (χ4n) is 4.68. The van der Waals surface area contributed by atoms with E-state index in [-0.39, 0.29) is 29.5 Å². The summed E-state index contributed by atoms with van der Waals surface area (Å²) in [7, 11) is 1.35. The van der Waals surface area contributed by atoms with Gasteiger partial charge in [0, 0.05) is 37.9 Å². The molecule has 43 heavy (non-hydrogen) atoms. The molecule has 0 saturated carbocycles. The highest BCUT2D eigenvalue weighted by atomic mass is 32.1. The molecule has 1 aromatic carbocycles. The van der Waals surface area contributed by atoms with E-state index in [0.29, 0.717) is 6.42 Å². The van der Waals surface area contributed by atoms with Crippen molar-refractivity contribution in [2.24, 2.45) is 17.6 Å². The number of benzene rings is 1. The van der Waals surface area contributed by atoms with Crippen molar-refractivity contribution >= 4 is 35.1 Å². The van der Waals surface area contributed by atoms with Gasteiger partial charge in [0.1, 0.15) is 10.7 Å². The minimum atomic E-state index is -4.62. The zero-order valence-corrected chi connectivity index (χ0v) is 25.6. The van der Waals surface area contributed by atoms with Gasteiger partial charge in [0.2, 0.25) is 5.91 Å². The Morgan fingerprint density at radius 2 is 1.74 bits per heavy atom. The number of hydrogen-bond donors (Lipinski definition) is 3. The standard InChI is InChI=1S/C29H39F3N4O6S/c1-16(2)23(36(5)27(39)21(33)14-29(30,31)32)13-24(42-18(4)37)26-35-22(15-43-26)25(38)34-20(11-17(3)28(40)41)12-19-9-7-6-8-10-19/h6-10,15-17,20-21,23-24H,11-14,33H2,1-5H3,(H,34,38)(H,40,41). The predicted molar refractivity (Wildman–Crippen MR) is 154 cm³/mol. The molecule has 0 fully saturated rings. The van der Waals surface area contributed by atoms with Gasteiger partial charge in [-0.25, -0.2) is 4.98 Å². The molecule has 0 aliphatic heterocycles. The molecule has 14 heteroatoms. The molecule has 0 aliphatic carbocycles. The minimum absolute atomic E-state index is 0.000441. The van der Waals surface area contributed by atoms with Crippen LogP contribution in [0.5, 0.6) is 0 Å². The minimum Gasteiger partial charge on any atom is -0.481 e. The first-order valence-electron chi connectivity index (χ1n) is 13.8. The normalized spacial score (nSPS) is 15.2. The number of nitrogens with zero attached hydrogens (tertiary/aromatic N) is 2. The first-order valence-corrected chi connectivity index (χ1v) is 14.7. The number of hydrogen-bond acceptors (Lipinski definition) is 8. The van der Waals surface area contributed by atoms with Crippen molar-refractivity contribution in [1.82, 2.24) is 15.2 Å². The highest BCUT2D eigenvalue weighted by molar-refractivity contribution is 7.09. The van der Waals surface area contributed by atoms with Crippen molar-refractivity contribution < 1.29 is 42.2 Å². The van der Waals surface area contributed by atoms with Crippen LogP contribution in [0.3, 0.4) is 0 Å². The van der Waals surface area contributed by atoms with Crippen LogP contribution in [0, 0.1) is 11.8 Å². The lowest BCUT2D eigenvalue weighted by Gasteiger charge is -2.35. The highest BCUT2D eigenvalue weighted by Crippen LogP contribution is 2.31. The van der Waals surface area contributed by atoms with E-state index in [1.54, 1.807) is 20.8 Å². The molecule has 238 valence electrons. The van der Waals surface area contributed by atoms with E-state index in [0.717, 1.165) is 21.8 Å². The Morgan fingerprint density at radius 3 is 2.28 bits per heavy atom. The zero-order chi connectivity index (χ0) is 32.5. The molecule has 1 aromatic heterocycles. The summed E-state index contributed by atoms with van der Waals surface area (Å²) in [6.45, 7) is 6.27. The summed E-state index contributed by atoms with van der Waals surface area (Å²) in [6, 6.07) is 6.30. The summed E-state index contributed by atoms with van der Waals surface area (Å²) < 4.78 is 44.0. The Morgan fingerprint density at radius 1 is 1.12 bits per heavy atom. The third-order valence-corrected chi connectivity index (χ3v) is 7.83. The van der Waals surface area contributed by atoms with E-state index >= 15 is 0 Å². The summed E-state index contributed by atoms with van der Waals surface area (Å²) >= 11 is 1.05. The van der Waals surface area contributed by atoms with Crippen LogP contribution in [0.25, 0.3) is 0 Å². The van der Waals surface area contributed by atoms with Gasteiger partial charge in [0.05, 0.1) is 18.4 Å². The van der Waals surface area contributed by atoms with Crippen molar-refractivity contribution in [3.05, 3.63) is 52.0 Å². The van der Waals surface area contributed by atoms with E-state index in [2.05, 4.69) is 10.3 Å². The first kappa shape index (κ1) is 35.7. The molecule has 5 unspecified atom stereocenters. The van der Waals surface area contributed by atoms with Crippen LogP contribution in [0.1, 0.15) is 74.1 Å². The van der Waals surface area contributed by atoms with Crippen LogP contribution in [-0.2, 0) is 25.5 Å². The highest BCUT2D eigenvalue weighted by Gasteiger charge is 2.37. The molecule has 0 spiro atoms. The van der Waals surface area contributed by atoms with Crippen molar-refractivity contribution in [1.29, 1.82) is 0 Å². The Balaban J connectivity index is 2.26. The van der Waals surface area contributed by atoms with Crippen LogP contribution in [-0.4, -0.2) is 70.1 Å². The number of carbonyl (C=O) groups is 4. The topological polar surface area (TPSA) is 152 Å². The Kier molecular flexibility index (Phi) is 13.1. The second-order valence-corrected chi connectivity index (χ2v) is 11.8. The average Bonchev–Trinajstić information content (AvgIpc) is 3.40. The number of likely N-dealkylation sites (N-methyl/N-ethyl adjacent to an activating group) is 1. The maximum absolute atomic E-state index is 13.2. The number of esters is 1. The summed E-state index contributed by atoms with van der Waals surface area (Å²) in [5.41, 5.74) is 6.49. The maximum atomic E-state index is 13.2. The number of nitrogens with one attached hydrogen (secondary N) is 1. The molecular formula is C29H39F3N4O6S. The molecule has 0 aliphatic rings. The maximum Gasteiger partial charge on any atom is 0.391 e. The van der Waals surface area contributed by atoms with Crippen LogP contribution in [0.2, 0.25) is 0 Å². The number of aromatic nitrogens is 1. The number of carboxylic acids is 1. The monoisotopic (exact) mass is 628 g/mol. The largest absolute Gasteiger partial charge is 0.481 e. The van der Waals surface area contributed by atoms with E-state index in [1.165, 1.54) is 19.4 Å². The second kappa shape index (κ2) is 15.8. The van der Waals surface area contributed by atoms with Gasteiger partial charge >= 0.3 is 18.1 Å². The van der Waals surface area contributed by atoms with Gasteiger partial charge in [0.15, 0.2) is 6.10 Å². The SMILES string of the molecule is CC(=O)OC(CC(C(C)C)N(C)C(=O)C(N)CC(F)(F)F)c1nc(C(=O)NC(Cc2ccccc2)CC(C)C(=O)O)cs1. The van der Waals surface area contributed by atoms with E-state index in [9.17, 15) is 37.5 Å². The zero-order valence-electron chi connectivity index (χ0n) is 24.8. The van der Waals surface area contributed by atoms with Gasteiger partial charge in [-0.15, -0.1) is 11.3 Å². The molecule has 2 rings (SSSR count). The van der Waals surface area contributed by atoms with E-state index in [4.69, 9.17) is 10.5 Å². The van der Waals surface area contributed by atoms with E-state index in [1.807, 2.05) is 30.3 Å². The molecule has 0 radical (unpaired) electrons. The quantitative estimate of drug-likeness (QED) is 0.246. The summed E-state index contributed by atoms with van der Waals surface area (Å²) in [6.07, 6.45) is -6.53. The third-order valence-electron chi connectivity index (χ3n) is 6.90. The van der Waals surface area contributed by atoms with Gasteiger partial charge in [-0.2, -0.15) is 13.2 Å². The number of aliphatic carboxylic acids is 1. The molecule has 2 aromatic rings. The number of carbonyl (C=O) groups excluding carboxylic acids is 3. The summed E-state index contributed by atoms with van der Waals surface area (Å²) in [5.74, 6) is -4.07. The lowest BCUT2D eigenvalue weighted by Crippen LogP contribution is -2.50. The molecule has 0 saturated heterocycles. The average molecular weight is 629 g/mol. The molecular weight excluding hydrogens is 589 g/mol. The third kappa shape index (κ3) is 11.6. The van der Waals surface area contributed by atoms with Gasteiger partial charge in [-0.05, 0) is 24.3 Å². The lowest BCUT2D eigenvalue weighted by molar-refractivity contribution is -0.155. The van der Waals surface area contributed by atoms with Gasteiger partial charge in [-0.1, -0.05) is 51.1 Å². The fourth-order valence-corrected chi connectivity index (χ4v) is 5.52. The Bertz CT molecular complexity index is 1240. The molecule has 5 atom stereocenters. The van der Waals surface area contributed by atoms with Crippen molar-refractivity contribution in [3.63, 3.8) is 0 Å². The van der Waals surface area contributed by atoms with Crippen LogP contribution in [0.15, 0.2) is 35.7 Å². The van der Waals surface area contributed by atoms with Crippen LogP contribution < -0.4 is 11.1 Å². The van der Waals surface area contributed by atoms with Crippen LogP contribution >= 0.6 is 11.3 Å². The van der Waals surface area contributed by atoms with Gasteiger partial charge < -0.3 is 25.8 Å². The van der Waals surface area contributed by atoms with Crippen molar-refractivity contribution in [3.8, 4) is 0 Å². The molecule has 0 bridgehead atoms. The predicted octanol–water partition coefficient (Wildman–Crippen LogP) is 4.35. The van der Waals surface area contributed by atoms with Crippen molar-refractivity contribution in [2.75, 3.05) is 7.05 Å². The summed E-state index contributed by atoms with van der Waals surface area (Å²) in [4.78, 5) is 54.9. The number of amides is 2. The number of ether oxygens (including phenoxy) is 1. The smallest absolute Gasteiger partial charge is 0.391 e. The fraction of sp³-hybridized carbons (Fsp3) is 0.552. The number of thiazole rings is 1. The molecule has 2 amide bonds. The number of rotatable bonds is 15. The van der Waals surface area contributed by atoms with Crippen LogP contribution in [0.4, 0.5) is 13.2 Å². The Hall–Kier alpha value is -3.52. The van der Waals surface area contributed by atoms with E-state index < -0.39 is 66.5 Å². The lowest BCUT2D eigenvalue weighted by atomic mass is 9.95. The van der Waals surface area contributed by atoms with Crippen molar-refractivity contribution in [2.45, 2.75) is 83.8 Å². The summed E-state index contributed by atoms with van der Waals surface area (Å²) in [5, 5.41) is 14.0. The Labute approximate surface area is 252 Å². The number of alkyl halides is 3. The number of nitrogens with two attached hydrogens (primary N) is 1. The number of halogens is 3.